The number of rotatable bonds is 4. The average Bonchev–Trinajstić information content (AvgIpc) is 3.39. The van der Waals surface area contributed by atoms with E-state index in [1.165, 1.54) is 11.3 Å². The minimum Gasteiger partial charge on any atom is -0.320 e. The predicted molar refractivity (Wildman–Crippen MR) is 118 cm³/mol. The van der Waals surface area contributed by atoms with E-state index < -0.39 is 0 Å². The van der Waals surface area contributed by atoms with Crippen LogP contribution in [0.3, 0.4) is 0 Å². The van der Waals surface area contributed by atoms with Crippen molar-refractivity contribution in [3.05, 3.63) is 69.1 Å². The second kappa shape index (κ2) is 8.81. The van der Waals surface area contributed by atoms with Crippen LogP contribution < -0.4 is 10.6 Å². The number of benzene rings is 2. The lowest BCUT2D eigenvalue weighted by atomic mass is 10.2. The molecule has 1 atom stereocenters. The van der Waals surface area contributed by atoms with Gasteiger partial charge in [-0.25, -0.2) is 4.79 Å². The summed E-state index contributed by atoms with van der Waals surface area (Å²) in [6.45, 7) is 2.61. The highest BCUT2D eigenvalue weighted by molar-refractivity contribution is 7.13. The van der Waals surface area contributed by atoms with Gasteiger partial charge in [0.2, 0.25) is 5.01 Å². The van der Waals surface area contributed by atoms with Gasteiger partial charge >= 0.3 is 6.03 Å². The fraction of sp³-hybridized carbons (Fsp3) is 0.238. The molecule has 3 aromatic rings. The number of anilines is 2. The maximum atomic E-state index is 12.8. The summed E-state index contributed by atoms with van der Waals surface area (Å²) in [5.41, 5.74) is 2.46. The Morgan fingerprint density at radius 2 is 1.90 bits per heavy atom. The van der Waals surface area contributed by atoms with E-state index in [1.54, 1.807) is 29.2 Å². The first-order valence-corrected chi connectivity index (χ1v) is 10.7. The van der Waals surface area contributed by atoms with Crippen molar-refractivity contribution in [3.8, 4) is 0 Å². The Morgan fingerprint density at radius 1 is 1.10 bits per heavy atom. The molecule has 1 aromatic heterocycles. The fourth-order valence-corrected chi connectivity index (χ4v) is 4.38. The number of nitrogens with zero attached hydrogens (tertiary/aromatic N) is 3. The average molecular weight is 442 g/mol. The van der Waals surface area contributed by atoms with Gasteiger partial charge in [-0.05, 0) is 61.7 Å². The summed E-state index contributed by atoms with van der Waals surface area (Å²) in [5, 5.41) is 15.5. The summed E-state index contributed by atoms with van der Waals surface area (Å²) in [5.74, 6) is -0.338. The van der Waals surface area contributed by atoms with Crippen molar-refractivity contribution in [2.45, 2.75) is 25.8 Å². The smallest absolute Gasteiger partial charge is 0.320 e. The van der Waals surface area contributed by atoms with Crippen molar-refractivity contribution in [1.29, 1.82) is 0 Å². The van der Waals surface area contributed by atoms with Gasteiger partial charge in [0.05, 0.1) is 6.04 Å². The molecule has 0 aliphatic carbocycles. The van der Waals surface area contributed by atoms with Crippen LogP contribution in [0.4, 0.5) is 16.2 Å². The maximum Gasteiger partial charge on any atom is 0.322 e. The summed E-state index contributed by atoms with van der Waals surface area (Å²) in [4.78, 5) is 27.0. The summed E-state index contributed by atoms with van der Waals surface area (Å²) in [6.07, 6.45) is 1.66. The number of carbonyl (C=O) groups excluding carboxylic acids is 2. The van der Waals surface area contributed by atoms with Crippen molar-refractivity contribution in [1.82, 2.24) is 15.1 Å². The first-order valence-electron chi connectivity index (χ1n) is 9.54. The van der Waals surface area contributed by atoms with E-state index in [1.807, 2.05) is 31.2 Å². The molecule has 0 spiro atoms. The molecule has 1 aliphatic heterocycles. The molecule has 3 amide bonds. The third kappa shape index (κ3) is 4.60. The normalized spacial score (nSPS) is 15.8. The quantitative estimate of drug-likeness (QED) is 0.588. The molecule has 9 heteroatoms. The van der Waals surface area contributed by atoms with E-state index in [9.17, 15) is 9.59 Å². The lowest BCUT2D eigenvalue weighted by Crippen LogP contribution is -2.34. The molecular formula is C21H20ClN5O2S. The van der Waals surface area contributed by atoms with Crippen molar-refractivity contribution in [2.24, 2.45) is 0 Å². The van der Waals surface area contributed by atoms with Gasteiger partial charge in [-0.1, -0.05) is 35.1 Å². The number of urea groups is 1. The van der Waals surface area contributed by atoms with Crippen LogP contribution >= 0.6 is 22.9 Å². The summed E-state index contributed by atoms with van der Waals surface area (Å²) < 4.78 is 0. The Morgan fingerprint density at radius 3 is 2.67 bits per heavy atom. The zero-order chi connectivity index (χ0) is 21.1. The Labute approximate surface area is 183 Å². The molecule has 0 saturated carbocycles. The number of hydrogen-bond donors (Lipinski definition) is 2. The third-order valence-electron chi connectivity index (χ3n) is 4.81. The van der Waals surface area contributed by atoms with E-state index in [0.29, 0.717) is 22.3 Å². The number of hydrogen-bond acceptors (Lipinski definition) is 5. The first-order chi connectivity index (χ1) is 14.5. The van der Waals surface area contributed by atoms with Crippen molar-refractivity contribution < 1.29 is 9.59 Å². The minimum absolute atomic E-state index is 0.175. The number of carbonyl (C=O) groups is 2. The lowest BCUT2D eigenvalue weighted by molar-refractivity contribution is 0.102. The molecule has 2 N–H and O–H groups in total. The van der Waals surface area contributed by atoms with Gasteiger partial charge < -0.3 is 15.5 Å². The Kier molecular flexibility index (Phi) is 5.96. The number of halogens is 1. The van der Waals surface area contributed by atoms with Crippen LogP contribution in [0, 0.1) is 6.92 Å². The van der Waals surface area contributed by atoms with Gasteiger partial charge in [0.1, 0.15) is 5.01 Å². The summed E-state index contributed by atoms with van der Waals surface area (Å²) >= 11 is 7.08. The maximum absolute atomic E-state index is 12.8. The molecule has 7 nitrogen and oxygen atoms in total. The highest BCUT2D eigenvalue weighted by Gasteiger charge is 2.33. The van der Waals surface area contributed by atoms with Crippen LogP contribution in [-0.4, -0.2) is 33.6 Å². The van der Waals surface area contributed by atoms with Crippen molar-refractivity contribution in [3.63, 3.8) is 0 Å². The molecule has 0 radical (unpaired) electrons. The number of aromatic nitrogens is 2. The lowest BCUT2D eigenvalue weighted by Gasteiger charge is -2.23. The van der Waals surface area contributed by atoms with E-state index in [-0.39, 0.29) is 23.0 Å². The van der Waals surface area contributed by atoms with Crippen LogP contribution in [0.5, 0.6) is 0 Å². The molecule has 1 fully saturated rings. The molecule has 154 valence electrons. The number of likely N-dealkylation sites (tertiary alicyclic amines) is 1. The van der Waals surface area contributed by atoms with Crippen LogP contribution in [0.1, 0.15) is 39.3 Å². The highest BCUT2D eigenvalue weighted by atomic mass is 35.5. The SMILES string of the molecule is Cc1cccc(NC(=O)N2CCC[C@H]2c2nnc(C(=O)Nc3ccc(Cl)cc3)s2)c1. The van der Waals surface area contributed by atoms with E-state index in [0.717, 1.165) is 24.1 Å². The summed E-state index contributed by atoms with van der Waals surface area (Å²) in [6, 6.07) is 14.1. The molecule has 2 heterocycles. The zero-order valence-corrected chi connectivity index (χ0v) is 17.8. The van der Waals surface area contributed by atoms with E-state index >= 15 is 0 Å². The van der Waals surface area contributed by atoms with Crippen LogP contribution in [0.25, 0.3) is 0 Å². The Hall–Kier alpha value is -2.97. The first kappa shape index (κ1) is 20.3. The topological polar surface area (TPSA) is 87.2 Å². The summed E-state index contributed by atoms with van der Waals surface area (Å²) in [7, 11) is 0. The van der Waals surface area contributed by atoms with Crippen LogP contribution in [0.15, 0.2) is 48.5 Å². The van der Waals surface area contributed by atoms with E-state index in [4.69, 9.17) is 11.6 Å². The molecule has 1 aliphatic rings. The van der Waals surface area contributed by atoms with Crippen molar-refractivity contribution in [2.75, 3.05) is 17.2 Å². The van der Waals surface area contributed by atoms with Crippen LogP contribution in [0.2, 0.25) is 5.02 Å². The second-order valence-corrected chi connectivity index (χ2v) is 8.50. The monoisotopic (exact) mass is 441 g/mol. The number of aryl methyl sites for hydroxylation is 1. The molecular weight excluding hydrogens is 422 g/mol. The largest absolute Gasteiger partial charge is 0.322 e. The van der Waals surface area contributed by atoms with E-state index in [2.05, 4.69) is 20.8 Å². The van der Waals surface area contributed by atoms with Crippen LogP contribution in [-0.2, 0) is 0 Å². The van der Waals surface area contributed by atoms with Gasteiger partial charge in [0.15, 0.2) is 0 Å². The van der Waals surface area contributed by atoms with Gasteiger partial charge in [-0.15, -0.1) is 10.2 Å². The number of nitrogens with one attached hydrogen (secondary N) is 2. The van der Waals surface area contributed by atoms with Gasteiger partial charge in [0, 0.05) is 22.9 Å². The molecule has 4 rings (SSSR count). The van der Waals surface area contributed by atoms with Crippen molar-refractivity contribution >= 4 is 46.3 Å². The molecule has 1 saturated heterocycles. The molecule has 0 unspecified atom stereocenters. The second-order valence-electron chi connectivity index (χ2n) is 7.06. The third-order valence-corrected chi connectivity index (χ3v) is 6.08. The minimum atomic E-state index is -0.338. The predicted octanol–water partition coefficient (Wildman–Crippen LogP) is 5.12. The molecule has 30 heavy (non-hydrogen) atoms. The zero-order valence-electron chi connectivity index (χ0n) is 16.3. The number of amides is 3. The fourth-order valence-electron chi connectivity index (χ4n) is 3.36. The highest BCUT2D eigenvalue weighted by Crippen LogP contribution is 2.34. The Balaban J connectivity index is 1.44. The molecule has 2 aromatic carbocycles. The van der Waals surface area contributed by atoms with Gasteiger partial charge in [0.25, 0.3) is 5.91 Å². The Bertz CT molecular complexity index is 1070. The standard InChI is InChI=1S/C21H20ClN5O2S/c1-13-4-2-5-16(12-13)24-21(29)27-11-3-6-17(27)19-25-26-20(30-19)18(28)23-15-9-7-14(22)8-10-15/h2,4-5,7-10,12,17H,3,6,11H2,1H3,(H,23,28)(H,24,29)/t17-/m0/s1. The van der Waals surface area contributed by atoms with Gasteiger partial charge in [-0.3, -0.25) is 4.79 Å². The van der Waals surface area contributed by atoms with Gasteiger partial charge in [-0.2, -0.15) is 0 Å². The molecule has 0 bridgehead atoms.